The highest BCUT2D eigenvalue weighted by Gasteiger charge is 2.22. The Kier molecular flexibility index (Phi) is 6.96. The number of carbonyl (C=O) groups is 1. The summed E-state index contributed by atoms with van der Waals surface area (Å²) in [4.78, 5) is 14.6. The van der Waals surface area contributed by atoms with Gasteiger partial charge < -0.3 is 10.2 Å². The third-order valence-corrected chi connectivity index (χ3v) is 5.31. The van der Waals surface area contributed by atoms with E-state index in [0.29, 0.717) is 5.92 Å². The fraction of sp³-hybridized carbons (Fsp3) is 0.409. The first kappa shape index (κ1) is 18.8. The number of amides is 2. The van der Waals surface area contributed by atoms with E-state index in [-0.39, 0.29) is 6.03 Å². The lowest BCUT2D eigenvalue weighted by molar-refractivity contribution is 0.197. The summed E-state index contributed by atoms with van der Waals surface area (Å²) in [7, 11) is 0. The number of aryl methyl sites for hydroxylation is 1. The molecule has 1 aliphatic rings. The number of halogens is 1. The van der Waals surface area contributed by atoms with Crippen molar-refractivity contribution in [1.29, 1.82) is 0 Å². The van der Waals surface area contributed by atoms with Crippen molar-refractivity contribution in [2.75, 3.05) is 19.6 Å². The number of nitrogens with one attached hydrogen (secondary N) is 1. The molecule has 0 aromatic heterocycles. The number of hydrogen-bond acceptors (Lipinski definition) is 1. The van der Waals surface area contributed by atoms with E-state index in [2.05, 4.69) is 41.7 Å². The van der Waals surface area contributed by atoms with Crippen LogP contribution in [0.2, 0.25) is 5.02 Å². The van der Waals surface area contributed by atoms with Crippen LogP contribution in [0.1, 0.15) is 42.7 Å². The maximum atomic E-state index is 12.6. The first-order chi connectivity index (χ1) is 12.7. The van der Waals surface area contributed by atoms with Gasteiger partial charge in [0.1, 0.15) is 0 Å². The van der Waals surface area contributed by atoms with E-state index in [1.165, 1.54) is 11.1 Å². The van der Waals surface area contributed by atoms with E-state index in [1.807, 2.05) is 23.1 Å². The molecular weight excluding hydrogens is 344 g/mol. The molecule has 2 aromatic carbocycles. The maximum absolute atomic E-state index is 12.6. The molecule has 3 rings (SSSR count). The maximum Gasteiger partial charge on any atom is 0.317 e. The monoisotopic (exact) mass is 370 g/mol. The average Bonchev–Trinajstić information content (AvgIpc) is 2.93. The number of rotatable bonds is 5. The summed E-state index contributed by atoms with van der Waals surface area (Å²) in [5.74, 6) is 0.393. The van der Waals surface area contributed by atoms with Gasteiger partial charge in [0.2, 0.25) is 0 Å². The lowest BCUT2D eigenvalue weighted by Crippen LogP contribution is -2.42. The van der Waals surface area contributed by atoms with Crippen molar-refractivity contribution in [3.8, 4) is 0 Å². The Morgan fingerprint density at radius 2 is 1.85 bits per heavy atom. The molecule has 1 aliphatic heterocycles. The summed E-state index contributed by atoms with van der Waals surface area (Å²) < 4.78 is 0. The van der Waals surface area contributed by atoms with Crippen LogP contribution in [0.3, 0.4) is 0 Å². The van der Waals surface area contributed by atoms with Crippen LogP contribution >= 0.6 is 11.6 Å². The van der Waals surface area contributed by atoms with Gasteiger partial charge in [-0.2, -0.15) is 0 Å². The topological polar surface area (TPSA) is 32.3 Å². The van der Waals surface area contributed by atoms with Crippen molar-refractivity contribution in [3.63, 3.8) is 0 Å². The van der Waals surface area contributed by atoms with Crippen molar-refractivity contribution in [2.24, 2.45) is 0 Å². The summed E-state index contributed by atoms with van der Waals surface area (Å²) in [5.41, 5.74) is 2.59. The van der Waals surface area contributed by atoms with Crippen molar-refractivity contribution < 1.29 is 4.79 Å². The Morgan fingerprint density at radius 3 is 2.62 bits per heavy atom. The van der Waals surface area contributed by atoms with Crippen LogP contribution in [-0.4, -0.2) is 30.6 Å². The zero-order chi connectivity index (χ0) is 18.2. The first-order valence-corrected chi connectivity index (χ1v) is 9.92. The van der Waals surface area contributed by atoms with E-state index in [0.717, 1.165) is 56.8 Å². The molecule has 4 heteroatoms. The molecule has 2 amide bonds. The van der Waals surface area contributed by atoms with Crippen molar-refractivity contribution in [3.05, 3.63) is 70.7 Å². The highest BCUT2D eigenvalue weighted by molar-refractivity contribution is 6.30. The Hall–Kier alpha value is -2.00. The largest absolute Gasteiger partial charge is 0.338 e. The summed E-state index contributed by atoms with van der Waals surface area (Å²) in [6.07, 6.45) is 5.31. The quantitative estimate of drug-likeness (QED) is 0.716. The Balaban J connectivity index is 1.48. The molecule has 3 nitrogen and oxygen atoms in total. The van der Waals surface area contributed by atoms with Gasteiger partial charge in [-0.05, 0) is 48.9 Å². The van der Waals surface area contributed by atoms with Gasteiger partial charge in [-0.25, -0.2) is 4.79 Å². The van der Waals surface area contributed by atoms with Gasteiger partial charge in [-0.1, -0.05) is 60.5 Å². The molecule has 1 N–H and O–H groups in total. The van der Waals surface area contributed by atoms with E-state index in [9.17, 15) is 4.79 Å². The molecule has 1 atom stereocenters. The Bertz CT molecular complexity index is 687. The molecule has 26 heavy (non-hydrogen) atoms. The van der Waals surface area contributed by atoms with Crippen LogP contribution in [0.25, 0.3) is 0 Å². The van der Waals surface area contributed by atoms with Crippen molar-refractivity contribution in [1.82, 2.24) is 10.2 Å². The third-order valence-electron chi connectivity index (χ3n) is 5.06. The molecule has 0 bridgehead atoms. The van der Waals surface area contributed by atoms with Crippen LogP contribution in [0.5, 0.6) is 0 Å². The zero-order valence-corrected chi connectivity index (χ0v) is 15.9. The van der Waals surface area contributed by atoms with Gasteiger partial charge >= 0.3 is 6.03 Å². The number of urea groups is 1. The first-order valence-electron chi connectivity index (χ1n) is 9.54. The predicted octanol–water partition coefficient (Wildman–Crippen LogP) is 5.25. The molecule has 1 fully saturated rings. The molecule has 0 saturated carbocycles. The van der Waals surface area contributed by atoms with E-state index < -0.39 is 0 Å². The lowest BCUT2D eigenvalue weighted by atomic mass is 9.94. The minimum absolute atomic E-state index is 0.0684. The van der Waals surface area contributed by atoms with Crippen LogP contribution < -0.4 is 5.32 Å². The van der Waals surface area contributed by atoms with Gasteiger partial charge in [0.25, 0.3) is 0 Å². The van der Waals surface area contributed by atoms with Crippen molar-refractivity contribution in [2.45, 2.75) is 38.0 Å². The summed E-state index contributed by atoms with van der Waals surface area (Å²) >= 11 is 6.00. The second kappa shape index (κ2) is 9.63. The minimum Gasteiger partial charge on any atom is -0.338 e. The standard InChI is InChI=1S/C22H27ClN2O/c23-21-13-11-19(12-14-21)20-10-4-5-16-25(17-20)22(26)24-15-6-9-18-7-2-1-3-8-18/h1-3,7-8,11-14,20H,4-6,9-10,15-17H2,(H,24,26). The molecule has 1 unspecified atom stereocenters. The molecule has 1 saturated heterocycles. The second-order valence-corrected chi connectivity index (χ2v) is 7.45. The minimum atomic E-state index is 0.0684. The van der Waals surface area contributed by atoms with Crippen LogP contribution in [0.15, 0.2) is 54.6 Å². The van der Waals surface area contributed by atoms with Crippen molar-refractivity contribution >= 4 is 17.6 Å². The average molecular weight is 371 g/mol. The summed E-state index contributed by atoms with van der Waals surface area (Å²) in [6, 6.07) is 18.5. The zero-order valence-electron chi connectivity index (χ0n) is 15.2. The van der Waals surface area contributed by atoms with E-state index in [4.69, 9.17) is 11.6 Å². The number of benzene rings is 2. The highest BCUT2D eigenvalue weighted by atomic mass is 35.5. The highest BCUT2D eigenvalue weighted by Crippen LogP contribution is 2.27. The molecule has 0 spiro atoms. The molecule has 2 aromatic rings. The van der Waals surface area contributed by atoms with Gasteiger partial charge in [0, 0.05) is 30.6 Å². The van der Waals surface area contributed by atoms with Crippen LogP contribution in [0, 0.1) is 0 Å². The van der Waals surface area contributed by atoms with Crippen LogP contribution in [0.4, 0.5) is 4.79 Å². The fourth-order valence-electron chi connectivity index (χ4n) is 3.58. The third kappa shape index (κ3) is 5.50. The van der Waals surface area contributed by atoms with E-state index in [1.54, 1.807) is 0 Å². The smallest absolute Gasteiger partial charge is 0.317 e. The SMILES string of the molecule is O=C(NCCCc1ccccc1)N1CCCCC(c2ccc(Cl)cc2)C1. The number of likely N-dealkylation sites (tertiary alicyclic amines) is 1. The summed E-state index contributed by atoms with van der Waals surface area (Å²) in [6.45, 7) is 2.34. The Morgan fingerprint density at radius 1 is 1.08 bits per heavy atom. The van der Waals surface area contributed by atoms with Crippen LogP contribution in [-0.2, 0) is 6.42 Å². The molecule has 0 radical (unpaired) electrons. The number of nitrogens with zero attached hydrogens (tertiary/aromatic N) is 1. The van der Waals surface area contributed by atoms with E-state index >= 15 is 0 Å². The molecule has 0 aliphatic carbocycles. The molecule has 1 heterocycles. The normalized spacial score (nSPS) is 17.6. The fourth-order valence-corrected chi connectivity index (χ4v) is 3.70. The van der Waals surface area contributed by atoms with Gasteiger partial charge in [0.15, 0.2) is 0 Å². The van der Waals surface area contributed by atoms with Gasteiger partial charge in [0.05, 0.1) is 0 Å². The number of carbonyl (C=O) groups excluding carboxylic acids is 1. The number of hydrogen-bond donors (Lipinski definition) is 1. The van der Waals surface area contributed by atoms with Gasteiger partial charge in [-0.3, -0.25) is 0 Å². The summed E-state index contributed by atoms with van der Waals surface area (Å²) in [5, 5.41) is 3.86. The Labute approximate surface area is 161 Å². The lowest BCUT2D eigenvalue weighted by Gasteiger charge is -2.25. The predicted molar refractivity (Wildman–Crippen MR) is 108 cm³/mol. The molecular formula is C22H27ClN2O. The molecule has 138 valence electrons. The van der Waals surface area contributed by atoms with Gasteiger partial charge in [-0.15, -0.1) is 0 Å². The second-order valence-electron chi connectivity index (χ2n) is 7.01.